The van der Waals surface area contributed by atoms with Gasteiger partial charge in [0.15, 0.2) is 0 Å². The van der Waals surface area contributed by atoms with Crippen LogP contribution in [0.2, 0.25) is 0 Å². The van der Waals surface area contributed by atoms with Gasteiger partial charge < -0.3 is 10.2 Å². The number of amides is 1. The van der Waals surface area contributed by atoms with E-state index in [1.165, 1.54) is 16.0 Å². The molecule has 0 aliphatic carbocycles. The number of piperazine rings is 1. The lowest BCUT2D eigenvalue weighted by Gasteiger charge is -2.40. The third kappa shape index (κ3) is 3.41. The molecule has 4 rings (SSSR count). The first-order valence-electron chi connectivity index (χ1n) is 9.48. The quantitative estimate of drug-likeness (QED) is 0.899. The number of hydrogen-bond acceptors (Lipinski definition) is 5. The minimum Gasteiger partial charge on any atom is -0.334 e. The molecule has 1 fully saturated rings. The van der Waals surface area contributed by atoms with E-state index < -0.39 is 0 Å². The number of carbonyl (C=O) groups excluding carboxylic acids is 1. The maximum Gasteiger partial charge on any atom is 0.237 e. The Hall–Kier alpha value is -1.76. The summed E-state index contributed by atoms with van der Waals surface area (Å²) in [4.78, 5) is 23.3. The number of aromatic nitrogens is 1. The van der Waals surface area contributed by atoms with E-state index in [-0.39, 0.29) is 18.0 Å². The Labute approximate surface area is 159 Å². The first-order valence-corrected chi connectivity index (χ1v) is 10.4. The molecule has 2 aliphatic heterocycles. The van der Waals surface area contributed by atoms with E-state index in [2.05, 4.69) is 44.5 Å². The summed E-state index contributed by atoms with van der Waals surface area (Å²) in [6.07, 6.45) is 5.68. The second-order valence-corrected chi connectivity index (χ2v) is 8.04. The van der Waals surface area contributed by atoms with Gasteiger partial charge in [-0.15, -0.1) is 11.3 Å². The fourth-order valence-electron chi connectivity index (χ4n) is 4.24. The monoisotopic (exact) mass is 370 g/mol. The Morgan fingerprint density at radius 2 is 2.31 bits per heavy atom. The first kappa shape index (κ1) is 17.6. The van der Waals surface area contributed by atoms with Gasteiger partial charge >= 0.3 is 0 Å². The highest BCUT2D eigenvalue weighted by molar-refractivity contribution is 7.10. The zero-order valence-corrected chi connectivity index (χ0v) is 16.0. The van der Waals surface area contributed by atoms with Crippen molar-refractivity contribution in [2.24, 2.45) is 0 Å². The lowest BCUT2D eigenvalue weighted by atomic mass is 9.97. The van der Waals surface area contributed by atoms with Gasteiger partial charge in [-0.05, 0) is 41.5 Å². The van der Waals surface area contributed by atoms with Crippen LogP contribution >= 0.6 is 11.3 Å². The maximum atomic E-state index is 13.2. The molecule has 1 saturated heterocycles. The molecule has 4 heterocycles. The van der Waals surface area contributed by atoms with Crippen molar-refractivity contribution in [1.82, 2.24) is 20.1 Å². The molecule has 1 amide bonds. The van der Waals surface area contributed by atoms with Gasteiger partial charge in [0.05, 0.1) is 12.6 Å². The average molecular weight is 371 g/mol. The number of nitrogens with zero attached hydrogens (tertiary/aromatic N) is 3. The fraction of sp³-hybridized carbons (Fsp3) is 0.500. The molecule has 5 nitrogen and oxygen atoms in total. The van der Waals surface area contributed by atoms with Gasteiger partial charge in [-0.1, -0.05) is 13.0 Å². The van der Waals surface area contributed by atoms with E-state index in [1.807, 2.05) is 23.6 Å². The fourth-order valence-corrected chi connectivity index (χ4v) is 5.17. The number of hydrogen-bond donors (Lipinski definition) is 1. The van der Waals surface area contributed by atoms with Crippen LogP contribution in [0.4, 0.5) is 0 Å². The van der Waals surface area contributed by atoms with Gasteiger partial charge in [-0.2, -0.15) is 0 Å². The Kier molecular flexibility index (Phi) is 5.33. The highest BCUT2D eigenvalue weighted by Crippen LogP contribution is 2.35. The lowest BCUT2D eigenvalue weighted by Crippen LogP contribution is -2.51. The van der Waals surface area contributed by atoms with Crippen LogP contribution in [-0.2, 0) is 11.2 Å². The van der Waals surface area contributed by atoms with Crippen LogP contribution in [0.1, 0.15) is 41.4 Å². The molecule has 2 aromatic heterocycles. The van der Waals surface area contributed by atoms with Crippen molar-refractivity contribution in [1.29, 1.82) is 0 Å². The number of pyridine rings is 1. The summed E-state index contributed by atoms with van der Waals surface area (Å²) in [5.41, 5.74) is 2.54. The number of fused-ring (bicyclic) bond motifs is 1. The standard InChI is InChI=1S/C20H26N4OS/c1-2-17-16-6-11-26-19(16)5-9-24(17)20(25)14-23-10-8-22-13-18(23)15-4-3-7-21-12-15/h3-4,6-7,11-12,17-18,22H,2,5,8-10,13-14H2,1H3. The van der Waals surface area contributed by atoms with Gasteiger partial charge in [0.25, 0.3) is 0 Å². The summed E-state index contributed by atoms with van der Waals surface area (Å²) >= 11 is 1.83. The zero-order valence-electron chi connectivity index (χ0n) is 15.2. The van der Waals surface area contributed by atoms with Crippen LogP contribution < -0.4 is 5.32 Å². The Morgan fingerprint density at radius 1 is 1.38 bits per heavy atom. The molecule has 2 unspecified atom stereocenters. The molecule has 0 bridgehead atoms. The molecule has 0 spiro atoms. The molecule has 0 saturated carbocycles. The molecule has 26 heavy (non-hydrogen) atoms. The minimum absolute atomic E-state index is 0.211. The summed E-state index contributed by atoms with van der Waals surface area (Å²) in [6.45, 7) is 6.19. The third-order valence-electron chi connectivity index (χ3n) is 5.56. The van der Waals surface area contributed by atoms with E-state index in [4.69, 9.17) is 0 Å². The summed E-state index contributed by atoms with van der Waals surface area (Å²) in [5.74, 6) is 0.254. The molecule has 0 aromatic carbocycles. The molecule has 1 N–H and O–H groups in total. The van der Waals surface area contributed by atoms with Gasteiger partial charge in [0.2, 0.25) is 5.91 Å². The average Bonchev–Trinajstić information content (AvgIpc) is 3.17. The molecule has 2 aliphatic rings. The number of rotatable bonds is 4. The molecular formula is C20H26N4OS. The predicted molar refractivity (Wildman–Crippen MR) is 104 cm³/mol. The van der Waals surface area contributed by atoms with Gasteiger partial charge in [0.1, 0.15) is 0 Å². The Balaban J connectivity index is 1.50. The maximum absolute atomic E-state index is 13.2. The lowest BCUT2D eigenvalue weighted by molar-refractivity contribution is -0.136. The van der Waals surface area contributed by atoms with E-state index in [0.29, 0.717) is 6.54 Å². The normalized spacial score (nSPS) is 23.7. The van der Waals surface area contributed by atoms with E-state index in [0.717, 1.165) is 39.0 Å². The largest absolute Gasteiger partial charge is 0.334 e. The van der Waals surface area contributed by atoms with Gasteiger partial charge in [-0.3, -0.25) is 14.7 Å². The van der Waals surface area contributed by atoms with Crippen LogP contribution in [0, 0.1) is 0 Å². The van der Waals surface area contributed by atoms with Crippen molar-refractivity contribution >= 4 is 17.2 Å². The summed E-state index contributed by atoms with van der Waals surface area (Å²) in [5, 5.41) is 5.62. The smallest absolute Gasteiger partial charge is 0.237 e. The summed E-state index contributed by atoms with van der Waals surface area (Å²) in [6, 6.07) is 6.73. The van der Waals surface area contributed by atoms with Crippen LogP contribution in [0.15, 0.2) is 36.0 Å². The molecule has 138 valence electrons. The zero-order chi connectivity index (χ0) is 17.9. The molecule has 2 aromatic rings. The highest BCUT2D eigenvalue weighted by Gasteiger charge is 2.33. The molecular weight excluding hydrogens is 344 g/mol. The molecule has 6 heteroatoms. The summed E-state index contributed by atoms with van der Waals surface area (Å²) < 4.78 is 0. The second-order valence-electron chi connectivity index (χ2n) is 7.04. The topological polar surface area (TPSA) is 48.5 Å². The van der Waals surface area contributed by atoms with E-state index in [1.54, 1.807) is 6.20 Å². The highest BCUT2D eigenvalue weighted by atomic mass is 32.1. The van der Waals surface area contributed by atoms with Crippen molar-refractivity contribution in [3.05, 3.63) is 52.0 Å². The van der Waals surface area contributed by atoms with Crippen molar-refractivity contribution in [3.8, 4) is 0 Å². The Bertz CT molecular complexity index is 747. The number of nitrogens with one attached hydrogen (secondary N) is 1. The van der Waals surface area contributed by atoms with Crippen molar-refractivity contribution in [3.63, 3.8) is 0 Å². The van der Waals surface area contributed by atoms with Crippen molar-refractivity contribution in [2.45, 2.75) is 31.8 Å². The second kappa shape index (κ2) is 7.86. The van der Waals surface area contributed by atoms with Gasteiger partial charge in [0, 0.05) is 49.5 Å². The van der Waals surface area contributed by atoms with Crippen LogP contribution in [0.3, 0.4) is 0 Å². The van der Waals surface area contributed by atoms with E-state index in [9.17, 15) is 4.79 Å². The molecule has 2 atom stereocenters. The predicted octanol–water partition coefficient (Wildman–Crippen LogP) is 2.63. The Morgan fingerprint density at radius 3 is 3.12 bits per heavy atom. The summed E-state index contributed by atoms with van der Waals surface area (Å²) in [7, 11) is 0. The van der Waals surface area contributed by atoms with Crippen molar-refractivity contribution in [2.75, 3.05) is 32.7 Å². The van der Waals surface area contributed by atoms with Crippen LogP contribution in [-0.4, -0.2) is 53.4 Å². The van der Waals surface area contributed by atoms with Crippen LogP contribution in [0.25, 0.3) is 0 Å². The number of thiophene rings is 1. The van der Waals surface area contributed by atoms with Crippen molar-refractivity contribution < 1.29 is 4.79 Å². The molecule has 0 radical (unpaired) electrons. The first-order chi connectivity index (χ1) is 12.8. The number of carbonyl (C=O) groups is 1. The minimum atomic E-state index is 0.211. The van der Waals surface area contributed by atoms with Gasteiger partial charge in [-0.25, -0.2) is 0 Å². The third-order valence-corrected chi connectivity index (χ3v) is 6.56. The van der Waals surface area contributed by atoms with E-state index >= 15 is 0 Å². The van der Waals surface area contributed by atoms with Crippen LogP contribution in [0.5, 0.6) is 0 Å². The SMILES string of the molecule is CCC1c2ccsc2CCN1C(=O)CN1CCNCC1c1cccnc1.